The molecule has 2 N–H and O–H groups in total. The molecule has 0 radical (unpaired) electrons. The van der Waals surface area contributed by atoms with E-state index in [1.807, 2.05) is 0 Å². The summed E-state index contributed by atoms with van der Waals surface area (Å²) in [5.74, 6) is -0.837. The number of methoxy groups -OCH3 is 1. The van der Waals surface area contributed by atoms with Gasteiger partial charge in [-0.2, -0.15) is 0 Å². The Hall–Kier alpha value is -2.33. The first-order valence-electron chi connectivity index (χ1n) is 8.50. The number of benzene rings is 1. The Labute approximate surface area is 160 Å². The van der Waals surface area contributed by atoms with Crippen molar-refractivity contribution >= 4 is 31.1 Å². The summed E-state index contributed by atoms with van der Waals surface area (Å²) >= 11 is 0. The predicted molar refractivity (Wildman–Crippen MR) is 96.7 cm³/mol. The molecule has 0 bridgehead atoms. The Balaban J connectivity index is 2.08. The molecule has 0 aliphatic carbocycles. The summed E-state index contributed by atoms with van der Waals surface area (Å²) in [5.41, 5.74) is 1.05. The molecule has 1 amide bonds. The van der Waals surface area contributed by atoms with Crippen molar-refractivity contribution < 1.29 is 38.1 Å². The van der Waals surface area contributed by atoms with Crippen molar-refractivity contribution in [3.8, 4) is 0 Å². The van der Waals surface area contributed by atoms with Crippen LogP contribution in [0.25, 0.3) is 0 Å². The number of hydrogen-bond acceptors (Lipinski definition) is 7. The maximum absolute atomic E-state index is 12.5. The molecule has 1 aliphatic rings. The highest BCUT2D eigenvalue weighted by Gasteiger charge is 2.33. The van der Waals surface area contributed by atoms with Gasteiger partial charge >= 0.3 is 13.8 Å². The van der Waals surface area contributed by atoms with Gasteiger partial charge in [-0.15, -0.1) is 0 Å². The van der Waals surface area contributed by atoms with Gasteiger partial charge in [-0.3, -0.25) is 24.2 Å². The molecule has 0 atom stereocenters. The molecule has 1 aromatic rings. The summed E-state index contributed by atoms with van der Waals surface area (Å²) in [5, 5.41) is 11.5. The largest absolute Gasteiger partial charge is 0.469 e. The molecule has 154 valence electrons. The van der Waals surface area contributed by atoms with Crippen LogP contribution in [0.3, 0.4) is 0 Å². The molecule has 28 heavy (non-hydrogen) atoms. The van der Waals surface area contributed by atoms with Gasteiger partial charge in [-0.25, -0.2) is 4.57 Å². The number of hydrogen-bond donors (Lipinski definition) is 2. The SMILES string of the molecule is COC(=O)Cc1cc2c(c([N+](=O)[O-])c1)N(C(=O)CCCCOP(=O)(O)O)CC2. The lowest BCUT2D eigenvalue weighted by Crippen LogP contribution is -2.29. The molecule has 11 nitrogen and oxygen atoms in total. The molecule has 2 rings (SSSR count). The lowest BCUT2D eigenvalue weighted by atomic mass is 10.0. The van der Waals surface area contributed by atoms with Gasteiger partial charge in [0.2, 0.25) is 5.91 Å². The maximum atomic E-state index is 12.5. The number of carbonyl (C=O) groups excluding carboxylic acids is 2. The Kier molecular flexibility index (Phi) is 7.25. The Bertz CT molecular complexity index is 821. The van der Waals surface area contributed by atoms with Crippen LogP contribution in [0.5, 0.6) is 0 Å². The number of phosphoric ester groups is 1. The second-order valence-corrected chi connectivity index (χ2v) is 7.45. The normalized spacial score (nSPS) is 13.3. The minimum Gasteiger partial charge on any atom is -0.469 e. The summed E-state index contributed by atoms with van der Waals surface area (Å²) < 4.78 is 19.5. The molecule has 0 saturated carbocycles. The highest BCUT2D eigenvalue weighted by atomic mass is 31.2. The molecule has 12 heteroatoms. The number of ether oxygens (including phenoxy) is 1. The van der Waals surface area contributed by atoms with E-state index < -0.39 is 18.7 Å². The van der Waals surface area contributed by atoms with Gasteiger partial charge in [0.1, 0.15) is 5.69 Å². The number of anilines is 1. The van der Waals surface area contributed by atoms with Crippen LogP contribution in [-0.4, -0.2) is 46.8 Å². The van der Waals surface area contributed by atoms with Crippen LogP contribution < -0.4 is 4.90 Å². The molecular weight excluding hydrogens is 395 g/mol. The number of carbonyl (C=O) groups is 2. The van der Waals surface area contributed by atoms with Gasteiger partial charge in [0, 0.05) is 19.0 Å². The van der Waals surface area contributed by atoms with Gasteiger partial charge in [0.25, 0.3) is 5.69 Å². The minimum atomic E-state index is -4.53. The number of esters is 1. The Morgan fingerprint density at radius 1 is 1.32 bits per heavy atom. The van der Waals surface area contributed by atoms with Crippen molar-refractivity contribution in [2.24, 2.45) is 0 Å². The van der Waals surface area contributed by atoms with E-state index in [-0.39, 0.29) is 49.7 Å². The van der Waals surface area contributed by atoms with Crippen molar-refractivity contribution in [2.45, 2.75) is 32.1 Å². The van der Waals surface area contributed by atoms with E-state index in [2.05, 4.69) is 9.26 Å². The third kappa shape index (κ3) is 5.83. The Morgan fingerprint density at radius 2 is 2.04 bits per heavy atom. The number of nitro benzene ring substituents is 1. The summed E-state index contributed by atoms with van der Waals surface area (Å²) in [4.78, 5) is 53.4. The van der Waals surface area contributed by atoms with Crippen LogP contribution in [0.4, 0.5) is 11.4 Å². The molecule has 1 aliphatic heterocycles. The summed E-state index contributed by atoms with van der Waals surface area (Å²) in [6, 6.07) is 2.94. The van der Waals surface area contributed by atoms with Crippen LogP contribution in [-0.2, 0) is 36.3 Å². The standard InChI is InChI=1S/C16H21N2O9P/c1-26-15(20)10-11-8-12-5-6-17(16(12)13(9-11)18(21)22)14(19)4-2-3-7-27-28(23,24)25/h8-9H,2-7,10H2,1H3,(H2,23,24,25). The lowest BCUT2D eigenvalue weighted by Gasteiger charge is -2.17. The fourth-order valence-electron chi connectivity index (χ4n) is 3.01. The fraction of sp³-hybridized carbons (Fsp3) is 0.500. The van der Waals surface area contributed by atoms with Crippen molar-refractivity contribution in [1.29, 1.82) is 0 Å². The fourth-order valence-corrected chi connectivity index (χ4v) is 3.38. The van der Waals surface area contributed by atoms with E-state index in [0.29, 0.717) is 24.0 Å². The van der Waals surface area contributed by atoms with Crippen molar-refractivity contribution in [3.63, 3.8) is 0 Å². The molecule has 0 unspecified atom stereocenters. The monoisotopic (exact) mass is 416 g/mol. The van der Waals surface area contributed by atoms with Crippen LogP contribution in [0.2, 0.25) is 0 Å². The van der Waals surface area contributed by atoms with Gasteiger partial charge < -0.3 is 19.4 Å². The van der Waals surface area contributed by atoms with E-state index in [9.17, 15) is 24.3 Å². The third-order valence-corrected chi connectivity index (χ3v) is 4.74. The number of rotatable bonds is 9. The topological polar surface area (TPSA) is 157 Å². The van der Waals surface area contributed by atoms with Crippen LogP contribution >= 0.6 is 7.82 Å². The number of nitro groups is 1. The molecule has 0 saturated heterocycles. The molecule has 1 aromatic carbocycles. The number of nitrogens with zero attached hydrogens (tertiary/aromatic N) is 2. The van der Waals surface area contributed by atoms with Crippen LogP contribution in [0.15, 0.2) is 12.1 Å². The van der Waals surface area contributed by atoms with Gasteiger partial charge in [0.15, 0.2) is 0 Å². The van der Waals surface area contributed by atoms with E-state index in [0.717, 1.165) is 0 Å². The zero-order valence-corrected chi connectivity index (χ0v) is 16.1. The van der Waals surface area contributed by atoms with Gasteiger partial charge in [-0.1, -0.05) is 6.07 Å². The highest BCUT2D eigenvalue weighted by molar-refractivity contribution is 7.46. The molecule has 0 aromatic heterocycles. The first kappa shape index (κ1) is 22.0. The molecule has 1 heterocycles. The molecule has 0 fully saturated rings. The average Bonchev–Trinajstić information content (AvgIpc) is 3.03. The number of unbranched alkanes of at least 4 members (excludes halogenated alkanes) is 1. The average molecular weight is 416 g/mol. The van der Waals surface area contributed by atoms with Crippen molar-refractivity contribution in [3.05, 3.63) is 33.4 Å². The van der Waals surface area contributed by atoms with Gasteiger partial charge in [0.05, 0.1) is 25.1 Å². The number of fused-ring (bicyclic) bond motifs is 1. The first-order valence-corrected chi connectivity index (χ1v) is 10.0. The second-order valence-electron chi connectivity index (χ2n) is 6.21. The van der Waals surface area contributed by atoms with E-state index >= 15 is 0 Å². The summed E-state index contributed by atoms with van der Waals surface area (Å²) in [7, 11) is -3.30. The molecular formula is C16H21N2O9P. The highest BCUT2D eigenvalue weighted by Crippen LogP contribution is 2.39. The lowest BCUT2D eigenvalue weighted by molar-refractivity contribution is -0.384. The number of phosphoric acid groups is 1. The third-order valence-electron chi connectivity index (χ3n) is 4.22. The van der Waals surface area contributed by atoms with E-state index in [4.69, 9.17) is 9.79 Å². The van der Waals surface area contributed by atoms with Crippen LogP contribution in [0.1, 0.15) is 30.4 Å². The zero-order chi connectivity index (χ0) is 20.9. The van der Waals surface area contributed by atoms with Crippen LogP contribution in [0, 0.1) is 10.1 Å². The smallest absolute Gasteiger partial charge is 0.469 e. The summed E-state index contributed by atoms with van der Waals surface area (Å²) in [6.45, 7) is 0.0981. The zero-order valence-electron chi connectivity index (χ0n) is 15.2. The van der Waals surface area contributed by atoms with E-state index in [1.54, 1.807) is 6.07 Å². The maximum Gasteiger partial charge on any atom is 0.469 e. The van der Waals surface area contributed by atoms with Crippen molar-refractivity contribution in [2.75, 3.05) is 25.2 Å². The molecule has 0 spiro atoms. The second kappa shape index (κ2) is 9.24. The van der Waals surface area contributed by atoms with Crippen molar-refractivity contribution in [1.82, 2.24) is 0 Å². The summed E-state index contributed by atoms with van der Waals surface area (Å²) in [6.07, 6.45) is 0.970. The minimum absolute atomic E-state index is 0.0605. The van der Waals surface area contributed by atoms with E-state index in [1.165, 1.54) is 18.1 Å². The Morgan fingerprint density at radius 3 is 2.64 bits per heavy atom. The number of amides is 1. The first-order chi connectivity index (χ1) is 13.1. The van der Waals surface area contributed by atoms with Gasteiger partial charge in [-0.05, 0) is 30.4 Å². The predicted octanol–water partition coefficient (Wildman–Crippen LogP) is 1.48. The quantitative estimate of drug-likeness (QED) is 0.200.